The number of aliphatic carboxylic acids is 1. The SMILES string of the molecule is CC(C)N(C=O)C(C(=O)O)c1cc(Cl)cc(Cl)c1. The minimum Gasteiger partial charge on any atom is -0.479 e. The summed E-state index contributed by atoms with van der Waals surface area (Å²) in [5.74, 6) is -1.13. The Bertz CT molecular complexity index is 442. The highest BCUT2D eigenvalue weighted by atomic mass is 35.5. The van der Waals surface area contributed by atoms with Crippen LogP contribution in [0.5, 0.6) is 0 Å². The van der Waals surface area contributed by atoms with Gasteiger partial charge in [-0.2, -0.15) is 0 Å². The van der Waals surface area contributed by atoms with Crippen LogP contribution in [-0.2, 0) is 9.59 Å². The lowest BCUT2D eigenvalue weighted by atomic mass is 10.0. The molecule has 0 saturated carbocycles. The van der Waals surface area contributed by atoms with Gasteiger partial charge in [-0.3, -0.25) is 4.79 Å². The highest BCUT2D eigenvalue weighted by Crippen LogP contribution is 2.28. The van der Waals surface area contributed by atoms with Crippen LogP contribution < -0.4 is 0 Å². The Morgan fingerprint density at radius 3 is 2.11 bits per heavy atom. The minimum atomic E-state index is -1.13. The third-order valence-electron chi connectivity index (χ3n) is 2.45. The molecule has 1 N–H and O–H groups in total. The maximum Gasteiger partial charge on any atom is 0.331 e. The molecule has 0 aromatic heterocycles. The van der Waals surface area contributed by atoms with Crippen molar-refractivity contribution in [2.75, 3.05) is 0 Å². The summed E-state index contributed by atoms with van der Waals surface area (Å²) < 4.78 is 0. The van der Waals surface area contributed by atoms with Gasteiger partial charge in [0, 0.05) is 16.1 Å². The highest BCUT2D eigenvalue weighted by Gasteiger charge is 2.28. The number of hydrogen-bond donors (Lipinski definition) is 1. The number of carbonyl (C=O) groups is 2. The lowest BCUT2D eigenvalue weighted by molar-refractivity contribution is -0.147. The topological polar surface area (TPSA) is 57.6 Å². The Morgan fingerprint density at radius 1 is 1.28 bits per heavy atom. The monoisotopic (exact) mass is 289 g/mol. The van der Waals surface area contributed by atoms with Crippen molar-refractivity contribution in [3.63, 3.8) is 0 Å². The Kier molecular flexibility index (Phi) is 4.99. The smallest absolute Gasteiger partial charge is 0.331 e. The van der Waals surface area contributed by atoms with Crippen LogP contribution in [0.2, 0.25) is 10.0 Å². The molecule has 1 atom stereocenters. The molecule has 98 valence electrons. The predicted octanol–water partition coefficient (Wildman–Crippen LogP) is 2.99. The predicted molar refractivity (Wildman–Crippen MR) is 69.9 cm³/mol. The fourth-order valence-electron chi connectivity index (χ4n) is 1.66. The number of hydrogen-bond acceptors (Lipinski definition) is 2. The maximum absolute atomic E-state index is 11.3. The third kappa shape index (κ3) is 3.37. The molecular weight excluding hydrogens is 277 g/mol. The molecule has 0 heterocycles. The summed E-state index contributed by atoms with van der Waals surface area (Å²) in [6, 6.07) is 3.14. The largest absolute Gasteiger partial charge is 0.479 e. The summed E-state index contributed by atoms with van der Waals surface area (Å²) in [6.07, 6.45) is 0.512. The molecule has 0 saturated heterocycles. The fourth-order valence-corrected chi connectivity index (χ4v) is 2.20. The zero-order chi connectivity index (χ0) is 13.9. The lowest BCUT2D eigenvalue weighted by Gasteiger charge is -2.29. The summed E-state index contributed by atoms with van der Waals surface area (Å²) >= 11 is 11.7. The Balaban J connectivity index is 3.27. The number of halogens is 2. The standard InChI is InChI=1S/C12H13Cl2NO3/c1-7(2)15(6-16)11(12(17)18)8-3-9(13)5-10(14)4-8/h3-7,11H,1-2H3,(H,17,18). The molecule has 18 heavy (non-hydrogen) atoms. The van der Waals surface area contributed by atoms with Gasteiger partial charge in [0.25, 0.3) is 0 Å². The van der Waals surface area contributed by atoms with E-state index >= 15 is 0 Å². The van der Waals surface area contributed by atoms with Gasteiger partial charge in [0.15, 0.2) is 6.04 Å². The van der Waals surface area contributed by atoms with Gasteiger partial charge in [0.2, 0.25) is 6.41 Å². The Labute approximate surface area is 115 Å². The summed E-state index contributed by atoms with van der Waals surface area (Å²) in [7, 11) is 0. The summed E-state index contributed by atoms with van der Waals surface area (Å²) in [4.78, 5) is 23.6. The van der Waals surface area contributed by atoms with Crippen molar-refractivity contribution in [2.45, 2.75) is 25.9 Å². The van der Waals surface area contributed by atoms with Crippen molar-refractivity contribution in [3.8, 4) is 0 Å². The summed E-state index contributed by atoms with van der Waals surface area (Å²) in [5, 5.41) is 9.94. The van der Waals surface area contributed by atoms with Crippen molar-refractivity contribution >= 4 is 35.6 Å². The van der Waals surface area contributed by atoms with E-state index in [0.717, 1.165) is 0 Å². The number of carbonyl (C=O) groups excluding carboxylic acids is 1. The van der Waals surface area contributed by atoms with Crippen molar-refractivity contribution in [3.05, 3.63) is 33.8 Å². The van der Waals surface area contributed by atoms with Gasteiger partial charge in [0.05, 0.1) is 0 Å². The first-order valence-corrected chi connectivity index (χ1v) is 6.04. The van der Waals surface area contributed by atoms with Crippen LogP contribution in [0.1, 0.15) is 25.5 Å². The molecule has 0 radical (unpaired) electrons. The van der Waals surface area contributed by atoms with E-state index in [9.17, 15) is 14.7 Å². The maximum atomic E-state index is 11.3. The summed E-state index contributed by atoms with van der Waals surface area (Å²) in [6.45, 7) is 3.47. The molecule has 6 heteroatoms. The fraction of sp³-hybridized carbons (Fsp3) is 0.333. The van der Waals surface area contributed by atoms with E-state index < -0.39 is 12.0 Å². The van der Waals surface area contributed by atoms with E-state index in [1.807, 2.05) is 0 Å². The molecule has 1 rings (SSSR count). The molecule has 4 nitrogen and oxygen atoms in total. The quantitative estimate of drug-likeness (QED) is 0.848. The Hall–Kier alpha value is -1.26. The average Bonchev–Trinajstić information content (AvgIpc) is 2.22. The van der Waals surface area contributed by atoms with Gasteiger partial charge in [-0.1, -0.05) is 23.2 Å². The zero-order valence-corrected chi connectivity index (χ0v) is 11.4. The third-order valence-corrected chi connectivity index (χ3v) is 2.89. The molecule has 0 fully saturated rings. The molecule has 0 spiro atoms. The van der Waals surface area contributed by atoms with Gasteiger partial charge in [-0.15, -0.1) is 0 Å². The zero-order valence-electron chi connectivity index (χ0n) is 9.93. The van der Waals surface area contributed by atoms with Crippen molar-refractivity contribution < 1.29 is 14.7 Å². The minimum absolute atomic E-state index is 0.249. The van der Waals surface area contributed by atoms with Gasteiger partial charge in [-0.25, -0.2) is 4.79 Å². The molecule has 0 aliphatic heterocycles. The molecule has 0 bridgehead atoms. The van der Waals surface area contributed by atoms with E-state index in [1.54, 1.807) is 13.8 Å². The molecule has 1 aromatic carbocycles. The Morgan fingerprint density at radius 2 is 1.78 bits per heavy atom. The highest BCUT2D eigenvalue weighted by molar-refractivity contribution is 6.34. The number of amides is 1. The van der Waals surface area contributed by atoms with E-state index in [2.05, 4.69) is 0 Å². The van der Waals surface area contributed by atoms with E-state index in [0.29, 0.717) is 22.0 Å². The molecular formula is C12H13Cl2NO3. The molecule has 0 aliphatic rings. The first-order chi connectivity index (χ1) is 8.36. The lowest BCUT2D eigenvalue weighted by Crippen LogP contribution is -2.38. The number of carboxylic acid groups (broad SMARTS) is 1. The second-order valence-corrected chi connectivity index (χ2v) is 4.96. The van der Waals surface area contributed by atoms with Crippen LogP contribution in [0.4, 0.5) is 0 Å². The van der Waals surface area contributed by atoms with Gasteiger partial charge in [-0.05, 0) is 37.6 Å². The number of benzene rings is 1. The molecule has 0 aliphatic carbocycles. The van der Waals surface area contributed by atoms with Gasteiger partial charge in [0.1, 0.15) is 0 Å². The average molecular weight is 290 g/mol. The molecule has 1 unspecified atom stereocenters. The summed E-state index contributed by atoms with van der Waals surface area (Å²) in [5.41, 5.74) is 0.376. The number of rotatable bonds is 5. The number of carboxylic acids is 1. The van der Waals surface area contributed by atoms with Crippen LogP contribution >= 0.6 is 23.2 Å². The van der Waals surface area contributed by atoms with Crippen molar-refractivity contribution in [1.82, 2.24) is 4.90 Å². The second-order valence-electron chi connectivity index (χ2n) is 4.09. The van der Waals surface area contributed by atoms with E-state index in [-0.39, 0.29) is 6.04 Å². The molecule has 1 amide bonds. The van der Waals surface area contributed by atoms with Crippen LogP contribution in [0.25, 0.3) is 0 Å². The van der Waals surface area contributed by atoms with Crippen LogP contribution in [0.3, 0.4) is 0 Å². The van der Waals surface area contributed by atoms with E-state index in [4.69, 9.17) is 23.2 Å². The van der Waals surface area contributed by atoms with Crippen molar-refractivity contribution in [1.29, 1.82) is 0 Å². The first-order valence-electron chi connectivity index (χ1n) is 5.28. The second kappa shape index (κ2) is 6.07. The first kappa shape index (κ1) is 14.8. The van der Waals surface area contributed by atoms with Crippen molar-refractivity contribution in [2.24, 2.45) is 0 Å². The van der Waals surface area contributed by atoms with Gasteiger partial charge < -0.3 is 10.0 Å². The normalized spacial score (nSPS) is 12.3. The van der Waals surface area contributed by atoms with Gasteiger partial charge >= 0.3 is 5.97 Å². The number of nitrogens with zero attached hydrogens (tertiary/aromatic N) is 1. The van der Waals surface area contributed by atoms with E-state index in [1.165, 1.54) is 23.1 Å². The van der Waals surface area contributed by atoms with Crippen LogP contribution in [-0.4, -0.2) is 28.4 Å². The van der Waals surface area contributed by atoms with Crippen LogP contribution in [0, 0.1) is 0 Å². The molecule has 1 aromatic rings. The van der Waals surface area contributed by atoms with Crippen LogP contribution in [0.15, 0.2) is 18.2 Å².